The molecule has 2 rings (SSSR count). The summed E-state index contributed by atoms with van der Waals surface area (Å²) in [4.78, 5) is 2.09. The predicted molar refractivity (Wildman–Crippen MR) is 77.4 cm³/mol. The van der Waals surface area contributed by atoms with Crippen molar-refractivity contribution in [3.05, 3.63) is 29.8 Å². The summed E-state index contributed by atoms with van der Waals surface area (Å²) in [5, 5.41) is 11.3. The summed E-state index contributed by atoms with van der Waals surface area (Å²) in [7, 11) is 1.53. The van der Waals surface area contributed by atoms with Crippen LogP contribution in [0.1, 0.15) is 35.4 Å². The van der Waals surface area contributed by atoms with Crippen molar-refractivity contribution < 1.29 is 14.0 Å². The highest BCUT2D eigenvalue weighted by Gasteiger charge is 2.40. The maximum absolute atomic E-state index is 11.3. The maximum atomic E-state index is 11.3. The van der Waals surface area contributed by atoms with Gasteiger partial charge in [-0.05, 0) is 44.6 Å². The van der Waals surface area contributed by atoms with Crippen molar-refractivity contribution in [2.75, 3.05) is 27.7 Å². The Labute approximate surface area is 120 Å². The minimum atomic E-state index is -2.48. The molecule has 0 aliphatic heterocycles. The van der Waals surface area contributed by atoms with Crippen LogP contribution in [-0.2, 0) is 5.60 Å². The molecule has 0 spiro atoms. The lowest BCUT2D eigenvalue weighted by atomic mass is 9.71. The Bertz CT molecular complexity index is 504. The molecule has 1 N–H and O–H groups in total. The van der Waals surface area contributed by atoms with Gasteiger partial charge in [0.15, 0.2) is 0 Å². The van der Waals surface area contributed by atoms with E-state index in [0.717, 1.165) is 31.4 Å². The fourth-order valence-electron chi connectivity index (χ4n) is 3.12. The Morgan fingerprint density at radius 1 is 1.47 bits per heavy atom. The molecule has 19 heavy (non-hydrogen) atoms. The summed E-state index contributed by atoms with van der Waals surface area (Å²) < 4.78 is 26.6. The molecule has 0 bridgehead atoms. The molecular weight excluding hydrogens is 239 g/mol. The van der Waals surface area contributed by atoms with Crippen LogP contribution in [0.25, 0.3) is 0 Å². The van der Waals surface area contributed by atoms with Crippen LogP contribution >= 0.6 is 0 Å². The minimum Gasteiger partial charge on any atom is -0.497 e. The van der Waals surface area contributed by atoms with Gasteiger partial charge in [-0.15, -0.1) is 0 Å². The molecule has 0 aromatic heterocycles. The van der Waals surface area contributed by atoms with E-state index in [4.69, 9.17) is 8.85 Å². The standard InChI is InChI=1S/C16H25NO2/c1-17(2)12-14-7-4-5-10-16(14,18)13-8-6-9-15(11-13)19-3/h6,8-9,11,14,18H,4-5,7,10,12H2,1-3H3/t14-,16+/m1/s1/i3+1D3. The lowest BCUT2D eigenvalue weighted by molar-refractivity contribution is -0.0619. The first kappa shape index (κ1) is 10.7. The van der Waals surface area contributed by atoms with Crippen LogP contribution in [0.3, 0.4) is 0 Å². The second kappa shape index (κ2) is 5.93. The third kappa shape index (κ3) is 3.10. The zero-order valence-electron chi connectivity index (χ0n) is 14.7. The summed E-state index contributed by atoms with van der Waals surface area (Å²) in [6.45, 7) is 0.806. The van der Waals surface area contributed by atoms with Crippen molar-refractivity contribution in [1.82, 2.24) is 4.90 Å². The average Bonchev–Trinajstić information content (AvgIpc) is 2.39. The van der Waals surface area contributed by atoms with Gasteiger partial charge in [0.2, 0.25) is 0 Å². The summed E-state index contributed by atoms with van der Waals surface area (Å²) in [5.74, 6) is 0.416. The first-order valence-electron chi connectivity index (χ1n) is 8.37. The van der Waals surface area contributed by atoms with Crippen LogP contribution in [0, 0.1) is 5.92 Å². The molecule has 1 aromatic carbocycles. The summed E-state index contributed by atoms with van der Waals surface area (Å²) in [5.41, 5.74) is -0.169. The molecule has 3 heteroatoms. The van der Waals surface area contributed by atoms with Crippen LogP contribution in [0.15, 0.2) is 24.3 Å². The Morgan fingerprint density at radius 2 is 2.32 bits per heavy atom. The van der Waals surface area contributed by atoms with Gasteiger partial charge in [0.25, 0.3) is 0 Å². The molecule has 106 valence electrons. The zero-order chi connectivity index (χ0) is 16.4. The number of hydrogen-bond donors (Lipinski definition) is 1. The number of methoxy groups -OCH3 is 1. The number of benzene rings is 1. The van der Waals surface area contributed by atoms with Crippen molar-refractivity contribution in [2.24, 2.45) is 5.92 Å². The van der Waals surface area contributed by atoms with Crippen molar-refractivity contribution in [1.29, 1.82) is 0 Å². The molecule has 1 fully saturated rings. The van der Waals surface area contributed by atoms with E-state index in [2.05, 4.69) is 4.90 Å². The summed E-state index contributed by atoms with van der Waals surface area (Å²) in [6, 6.07) is 6.89. The highest BCUT2D eigenvalue weighted by Crippen LogP contribution is 2.42. The van der Waals surface area contributed by atoms with Gasteiger partial charge in [-0.1, -0.05) is 25.0 Å². The summed E-state index contributed by atoms with van der Waals surface area (Å²) >= 11 is 0. The minimum absolute atomic E-state index is 0.138. The van der Waals surface area contributed by atoms with E-state index in [0.29, 0.717) is 6.42 Å². The molecule has 1 aliphatic carbocycles. The third-order valence-electron chi connectivity index (χ3n) is 4.07. The smallest absolute Gasteiger partial charge is 0.119 e. The summed E-state index contributed by atoms with van der Waals surface area (Å²) in [6.07, 6.45) is 3.76. The molecule has 3 nitrogen and oxygen atoms in total. The predicted octanol–water partition coefficient (Wildman–Crippen LogP) is 2.63. The van der Waals surface area contributed by atoms with Crippen LogP contribution in [0.4, 0.5) is 0 Å². The van der Waals surface area contributed by atoms with Gasteiger partial charge in [0.05, 0.1) is 16.8 Å². The molecule has 1 saturated carbocycles. The Kier molecular flexibility index (Phi) is 3.34. The second-order valence-corrected chi connectivity index (χ2v) is 5.76. The van der Waals surface area contributed by atoms with Crippen LogP contribution in [-0.4, -0.2) is 37.7 Å². The van der Waals surface area contributed by atoms with E-state index in [1.165, 1.54) is 0 Å². The van der Waals surface area contributed by atoms with Gasteiger partial charge in [0, 0.05) is 12.5 Å². The monoisotopic (exact) mass is 267 g/mol. The number of nitrogens with zero attached hydrogens (tertiary/aromatic N) is 1. The van der Waals surface area contributed by atoms with E-state index in [1.54, 1.807) is 18.2 Å². The van der Waals surface area contributed by atoms with E-state index < -0.39 is 12.6 Å². The highest BCUT2D eigenvalue weighted by atomic mass is 16.5. The van der Waals surface area contributed by atoms with Crippen molar-refractivity contribution >= 4 is 0 Å². The normalized spacial score (nSPS) is 30.5. The fraction of sp³-hybridized carbons (Fsp3) is 0.625. The Balaban J connectivity index is 2.28. The molecular formula is C16H25NO2. The molecule has 1 aliphatic rings. The van der Waals surface area contributed by atoms with Crippen LogP contribution < -0.4 is 4.74 Å². The fourth-order valence-corrected chi connectivity index (χ4v) is 3.12. The van der Waals surface area contributed by atoms with Crippen molar-refractivity contribution in [2.45, 2.75) is 31.3 Å². The van der Waals surface area contributed by atoms with Crippen molar-refractivity contribution in [3.63, 3.8) is 0 Å². The lowest BCUT2D eigenvalue weighted by Crippen LogP contribution is -2.43. The number of aliphatic hydroxyl groups is 1. The van der Waals surface area contributed by atoms with Gasteiger partial charge in [-0.2, -0.15) is 0 Å². The lowest BCUT2D eigenvalue weighted by Gasteiger charge is -2.41. The number of ether oxygens (including phenoxy) is 1. The molecule has 0 amide bonds. The van der Waals surface area contributed by atoms with Gasteiger partial charge < -0.3 is 14.7 Å². The van der Waals surface area contributed by atoms with Gasteiger partial charge in [-0.3, -0.25) is 0 Å². The molecule has 0 saturated heterocycles. The third-order valence-corrected chi connectivity index (χ3v) is 4.07. The van der Waals surface area contributed by atoms with Gasteiger partial charge >= 0.3 is 0 Å². The topological polar surface area (TPSA) is 32.7 Å². The average molecular weight is 267 g/mol. The van der Waals surface area contributed by atoms with Crippen molar-refractivity contribution in [3.8, 4) is 5.75 Å². The molecule has 1 aromatic rings. The van der Waals surface area contributed by atoms with E-state index in [1.807, 2.05) is 20.2 Å². The van der Waals surface area contributed by atoms with Gasteiger partial charge in [0.1, 0.15) is 5.75 Å². The number of rotatable bonds is 4. The first-order chi connectivity index (χ1) is 10.2. The van der Waals surface area contributed by atoms with E-state index in [-0.39, 0.29) is 11.7 Å². The molecule has 0 unspecified atom stereocenters. The molecule has 2 atom stereocenters. The maximum Gasteiger partial charge on any atom is 0.119 e. The largest absolute Gasteiger partial charge is 0.497 e. The quantitative estimate of drug-likeness (QED) is 0.851. The second-order valence-electron chi connectivity index (χ2n) is 5.76. The van der Waals surface area contributed by atoms with Crippen LogP contribution in [0.5, 0.6) is 5.75 Å². The molecule has 0 heterocycles. The zero-order valence-corrected chi connectivity index (χ0v) is 11.7. The Morgan fingerprint density at radius 3 is 3.05 bits per heavy atom. The van der Waals surface area contributed by atoms with E-state index >= 15 is 0 Å². The first-order valence-corrected chi connectivity index (χ1v) is 6.87. The molecule has 0 radical (unpaired) electrons. The highest BCUT2D eigenvalue weighted by molar-refractivity contribution is 5.33. The van der Waals surface area contributed by atoms with Gasteiger partial charge in [-0.25, -0.2) is 0 Å². The van der Waals surface area contributed by atoms with E-state index in [9.17, 15) is 5.11 Å². The number of hydrogen-bond acceptors (Lipinski definition) is 3. The van der Waals surface area contributed by atoms with Crippen LogP contribution in [0.2, 0.25) is 0 Å². The SMILES string of the molecule is [2H][13C]([2H])([2H])Oc1cccc([C@@]2(O)CCCC[C@@H]2CN(C)C)c1. The Hall–Kier alpha value is -1.06.